The molecule has 1 aliphatic rings. The second-order valence-electron chi connectivity index (χ2n) is 5.25. The molecule has 0 spiro atoms. The number of rotatable bonds is 4. The van der Waals surface area contributed by atoms with Gasteiger partial charge in [-0.1, -0.05) is 6.42 Å². The van der Waals surface area contributed by atoms with Gasteiger partial charge in [0.1, 0.15) is 0 Å². The van der Waals surface area contributed by atoms with Crippen molar-refractivity contribution in [2.24, 2.45) is 5.73 Å². The van der Waals surface area contributed by atoms with Crippen LogP contribution in [0.3, 0.4) is 0 Å². The first kappa shape index (κ1) is 17.4. The van der Waals surface area contributed by atoms with E-state index in [4.69, 9.17) is 5.73 Å². The molecule has 1 aliphatic heterocycles. The smallest absolute Gasteiger partial charge is 0.262 e. The highest BCUT2D eigenvalue weighted by Crippen LogP contribution is 2.24. The number of imidazole rings is 1. The van der Waals surface area contributed by atoms with Crippen molar-refractivity contribution in [3.8, 4) is 0 Å². The van der Waals surface area contributed by atoms with Gasteiger partial charge in [-0.05, 0) is 26.7 Å². The molecule has 2 heterocycles. The molecule has 0 aliphatic carbocycles. The van der Waals surface area contributed by atoms with Crippen molar-refractivity contribution >= 4 is 22.4 Å². The maximum atomic E-state index is 12.6. The van der Waals surface area contributed by atoms with Crippen LogP contribution in [0.15, 0.2) is 17.6 Å². The van der Waals surface area contributed by atoms with Gasteiger partial charge in [0.05, 0.1) is 6.33 Å². The Morgan fingerprint density at radius 2 is 2.15 bits per heavy atom. The van der Waals surface area contributed by atoms with Crippen LogP contribution in [-0.4, -0.2) is 41.4 Å². The van der Waals surface area contributed by atoms with E-state index in [0.717, 1.165) is 19.3 Å². The van der Waals surface area contributed by atoms with Gasteiger partial charge in [-0.15, -0.1) is 12.4 Å². The van der Waals surface area contributed by atoms with E-state index in [2.05, 4.69) is 4.98 Å². The Hall–Kier alpha value is -0.630. The molecule has 0 radical (unpaired) electrons. The van der Waals surface area contributed by atoms with Gasteiger partial charge in [-0.3, -0.25) is 0 Å². The lowest BCUT2D eigenvalue weighted by Crippen LogP contribution is -2.47. The Kier molecular flexibility index (Phi) is 6.00. The summed E-state index contributed by atoms with van der Waals surface area (Å²) in [7, 11) is -3.51. The van der Waals surface area contributed by atoms with Crippen LogP contribution in [0, 0.1) is 0 Å². The van der Waals surface area contributed by atoms with E-state index >= 15 is 0 Å². The maximum absolute atomic E-state index is 12.6. The summed E-state index contributed by atoms with van der Waals surface area (Å²) < 4.78 is 28.5. The predicted molar refractivity (Wildman–Crippen MR) is 80.4 cm³/mol. The summed E-state index contributed by atoms with van der Waals surface area (Å²) in [5.41, 5.74) is 5.69. The zero-order chi connectivity index (χ0) is 14.0. The SMILES string of the molecule is CC(C)n1cnc(S(=O)(=O)N2CCCCC2CN)c1.Cl. The van der Waals surface area contributed by atoms with Gasteiger partial charge in [-0.25, -0.2) is 13.4 Å². The van der Waals surface area contributed by atoms with Crippen molar-refractivity contribution < 1.29 is 8.42 Å². The zero-order valence-electron chi connectivity index (χ0n) is 11.9. The van der Waals surface area contributed by atoms with Gasteiger partial charge in [-0.2, -0.15) is 4.31 Å². The molecule has 8 heteroatoms. The molecule has 1 aromatic rings. The van der Waals surface area contributed by atoms with E-state index in [9.17, 15) is 8.42 Å². The van der Waals surface area contributed by atoms with E-state index in [1.807, 2.05) is 13.8 Å². The standard InChI is InChI=1S/C12H22N4O2S.ClH/c1-10(2)15-8-12(14-9-15)19(17,18)16-6-4-3-5-11(16)7-13;/h8-11H,3-7,13H2,1-2H3;1H. The molecule has 0 saturated carbocycles. The van der Waals surface area contributed by atoms with Crippen LogP contribution < -0.4 is 5.73 Å². The van der Waals surface area contributed by atoms with E-state index in [-0.39, 0.29) is 29.5 Å². The predicted octanol–water partition coefficient (Wildman–Crippen LogP) is 1.39. The van der Waals surface area contributed by atoms with E-state index in [1.165, 1.54) is 4.31 Å². The Morgan fingerprint density at radius 1 is 1.45 bits per heavy atom. The molecule has 2 N–H and O–H groups in total. The third kappa shape index (κ3) is 3.33. The molecular weight excluding hydrogens is 300 g/mol. The second-order valence-corrected chi connectivity index (χ2v) is 7.09. The molecular formula is C12H23ClN4O2S. The van der Waals surface area contributed by atoms with Crippen molar-refractivity contribution in [3.05, 3.63) is 12.5 Å². The quantitative estimate of drug-likeness (QED) is 0.908. The number of halogens is 1. The molecule has 1 fully saturated rings. The summed E-state index contributed by atoms with van der Waals surface area (Å²) in [6.45, 7) is 4.88. The van der Waals surface area contributed by atoms with Crippen LogP contribution in [0.2, 0.25) is 0 Å². The fourth-order valence-corrected chi connectivity index (χ4v) is 4.01. The van der Waals surface area contributed by atoms with Crippen LogP contribution in [0.25, 0.3) is 0 Å². The Balaban J connectivity index is 0.00000200. The molecule has 6 nitrogen and oxygen atoms in total. The summed E-state index contributed by atoms with van der Waals surface area (Å²) in [6.07, 6.45) is 5.93. The maximum Gasteiger partial charge on any atom is 0.262 e. The van der Waals surface area contributed by atoms with Gasteiger partial charge in [0.25, 0.3) is 10.0 Å². The number of nitrogens with zero attached hydrogens (tertiary/aromatic N) is 3. The topological polar surface area (TPSA) is 81.2 Å². The van der Waals surface area contributed by atoms with Gasteiger partial charge >= 0.3 is 0 Å². The summed E-state index contributed by atoms with van der Waals surface area (Å²) in [4.78, 5) is 4.05. The summed E-state index contributed by atoms with van der Waals surface area (Å²) in [5, 5.41) is 0.126. The molecule has 2 rings (SSSR count). The van der Waals surface area contributed by atoms with Crippen molar-refractivity contribution in [1.82, 2.24) is 13.9 Å². The average molecular weight is 323 g/mol. The van der Waals surface area contributed by atoms with Gasteiger partial charge < -0.3 is 10.3 Å². The Labute approximate surface area is 126 Å². The zero-order valence-corrected chi connectivity index (χ0v) is 13.5. The first-order chi connectivity index (χ1) is 8.96. The lowest BCUT2D eigenvalue weighted by atomic mass is 10.1. The van der Waals surface area contributed by atoms with Crippen LogP contribution in [-0.2, 0) is 10.0 Å². The highest BCUT2D eigenvalue weighted by Gasteiger charge is 2.34. The molecule has 1 atom stereocenters. The largest absolute Gasteiger partial charge is 0.334 e. The molecule has 0 amide bonds. The molecule has 1 unspecified atom stereocenters. The Bertz CT molecular complexity index is 529. The second kappa shape index (κ2) is 6.89. The van der Waals surface area contributed by atoms with Crippen molar-refractivity contribution in [2.45, 2.75) is 50.2 Å². The van der Waals surface area contributed by atoms with Gasteiger partial charge in [0, 0.05) is 31.4 Å². The van der Waals surface area contributed by atoms with Gasteiger partial charge in [0.15, 0.2) is 5.03 Å². The number of hydrogen-bond acceptors (Lipinski definition) is 4. The van der Waals surface area contributed by atoms with Crippen molar-refractivity contribution in [3.63, 3.8) is 0 Å². The van der Waals surface area contributed by atoms with Crippen LogP contribution in [0.1, 0.15) is 39.2 Å². The highest BCUT2D eigenvalue weighted by atomic mass is 35.5. The first-order valence-electron chi connectivity index (χ1n) is 6.72. The normalized spacial score (nSPS) is 20.9. The first-order valence-corrected chi connectivity index (χ1v) is 8.16. The molecule has 116 valence electrons. The number of nitrogens with two attached hydrogens (primary N) is 1. The number of piperidine rings is 1. The minimum atomic E-state index is -3.51. The van der Waals surface area contributed by atoms with E-state index in [1.54, 1.807) is 17.1 Å². The average Bonchev–Trinajstić information content (AvgIpc) is 2.89. The van der Waals surface area contributed by atoms with Crippen LogP contribution in [0.5, 0.6) is 0 Å². The molecule has 0 bridgehead atoms. The van der Waals surface area contributed by atoms with Crippen LogP contribution >= 0.6 is 12.4 Å². The minimum absolute atomic E-state index is 0. The van der Waals surface area contributed by atoms with Gasteiger partial charge in [0.2, 0.25) is 0 Å². The fourth-order valence-electron chi connectivity index (χ4n) is 2.38. The fraction of sp³-hybridized carbons (Fsp3) is 0.750. The number of aromatic nitrogens is 2. The lowest BCUT2D eigenvalue weighted by Gasteiger charge is -2.33. The summed E-state index contributed by atoms with van der Waals surface area (Å²) >= 11 is 0. The molecule has 20 heavy (non-hydrogen) atoms. The lowest BCUT2D eigenvalue weighted by molar-refractivity contribution is 0.257. The third-order valence-corrected chi connectivity index (χ3v) is 5.43. The third-order valence-electron chi connectivity index (χ3n) is 3.59. The summed E-state index contributed by atoms with van der Waals surface area (Å²) in [6, 6.07) is 0.103. The molecule has 1 saturated heterocycles. The van der Waals surface area contributed by atoms with Crippen molar-refractivity contribution in [1.29, 1.82) is 0 Å². The highest BCUT2D eigenvalue weighted by molar-refractivity contribution is 7.89. The monoisotopic (exact) mass is 322 g/mol. The summed E-state index contributed by atoms with van der Waals surface area (Å²) in [5.74, 6) is 0. The van der Waals surface area contributed by atoms with Crippen LogP contribution in [0.4, 0.5) is 0 Å². The number of hydrogen-bond donors (Lipinski definition) is 1. The van der Waals surface area contributed by atoms with E-state index in [0.29, 0.717) is 13.1 Å². The molecule has 0 aromatic carbocycles. The minimum Gasteiger partial charge on any atom is -0.334 e. The Morgan fingerprint density at radius 3 is 2.70 bits per heavy atom. The molecule has 1 aromatic heterocycles. The van der Waals surface area contributed by atoms with E-state index < -0.39 is 10.0 Å². The van der Waals surface area contributed by atoms with Crippen molar-refractivity contribution in [2.75, 3.05) is 13.1 Å². The number of sulfonamides is 1.